The number of aromatic nitrogens is 1. The van der Waals surface area contributed by atoms with Crippen molar-refractivity contribution in [1.29, 1.82) is 0 Å². The van der Waals surface area contributed by atoms with Crippen LogP contribution in [-0.4, -0.2) is 12.1 Å². The molecule has 31 heavy (non-hydrogen) atoms. The summed E-state index contributed by atoms with van der Waals surface area (Å²) >= 11 is 0. The zero-order valence-electron chi connectivity index (χ0n) is 16.8. The summed E-state index contributed by atoms with van der Waals surface area (Å²) in [7, 11) is 1.63. The molecule has 0 spiro atoms. The van der Waals surface area contributed by atoms with Gasteiger partial charge in [0.25, 0.3) is 0 Å². The first-order chi connectivity index (χ1) is 15.0. The number of alkyl halides is 3. The van der Waals surface area contributed by atoms with E-state index >= 15 is 0 Å². The molecule has 0 unspecified atom stereocenters. The Labute approximate surface area is 178 Å². The van der Waals surface area contributed by atoms with Gasteiger partial charge in [0.2, 0.25) is 0 Å². The predicted octanol–water partition coefficient (Wildman–Crippen LogP) is 6.02. The summed E-state index contributed by atoms with van der Waals surface area (Å²) in [5, 5.41) is 3.82. The number of rotatable bonds is 6. The van der Waals surface area contributed by atoms with Gasteiger partial charge in [-0.15, -0.1) is 0 Å². The molecule has 3 aromatic carbocycles. The lowest BCUT2D eigenvalue weighted by Gasteiger charge is -2.13. The van der Waals surface area contributed by atoms with Crippen LogP contribution in [0.2, 0.25) is 0 Å². The fourth-order valence-corrected chi connectivity index (χ4v) is 3.52. The molecule has 4 rings (SSSR count). The lowest BCUT2D eigenvalue weighted by Crippen LogP contribution is -2.12. The monoisotopic (exact) mass is 421 g/mol. The summed E-state index contributed by atoms with van der Waals surface area (Å²) < 4.78 is 45.3. The molecule has 157 valence electrons. The maximum absolute atomic E-state index is 13.4. The largest absolute Gasteiger partial charge is 0.497 e. The van der Waals surface area contributed by atoms with Gasteiger partial charge in [-0.3, -0.25) is 4.98 Å². The number of nitrogens with zero attached hydrogens (tertiary/aromatic N) is 1. The van der Waals surface area contributed by atoms with Crippen LogP contribution in [0.5, 0.6) is 5.75 Å². The standard InChI is InChI=1S/C25H20F3N2O/c1-31-20-10-8-17(9-11-20)15-29-16-18-4-2-5-19(14-18)21-12-13-30-24-22(21)6-3-7-23(24)25(26,27)28/h2-11,13-14,29H,15-16H2,1H3. The fourth-order valence-electron chi connectivity index (χ4n) is 3.52. The molecule has 0 atom stereocenters. The fraction of sp³-hybridized carbons (Fsp3) is 0.160. The van der Waals surface area contributed by atoms with E-state index in [2.05, 4.69) is 16.4 Å². The lowest BCUT2D eigenvalue weighted by molar-refractivity contribution is -0.136. The van der Waals surface area contributed by atoms with Crippen LogP contribution >= 0.6 is 0 Å². The zero-order chi connectivity index (χ0) is 21.8. The average molecular weight is 421 g/mol. The van der Waals surface area contributed by atoms with E-state index in [4.69, 9.17) is 4.74 Å². The molecule has 0 fully saturated rings. The molecular weight excluding hydrogens is 401 g/mol. The molecule has 1 N–H and O–H groups in total. The molecule has 1 heterocycles. The first kappa shape index (κ1) is 20.9. The van der Waals surface area contributed by atoms with E-state index in [-0.39, 0.29) is 5.52 Å². The van der Waals surface area contributed by atoms with Crippen molar-refractivity contribution in [2.75, 3.05) is 7.11 Å². The van der Waals surface area contributed by atoms with Crippen molar-refractivity contribution in [3.05, 3.63) is 95.7 Å². The number of benzene rings is 3. The van der Waals surface area contributed by atoms with Crippen molar-refractivity contribution < 1.29 is 17.9 Å². The second-order valence-corrected chi connectivity index (χ2v) is 7.13. The highest BCUT2D eigenvalue weighted by Gasteiger charge is 2.33. The quantitative estimate of drug-likeness (QED) is 0.413. The molecule has 3 nitrogen and oxygen atoms in total. The molecule has 0 aliphatic carbocycles. The SMILES string of the molecule is COc1ccc(CNCc2cccc(-c3[c]cnc4c(C(F)(F)F)cccc34)c2)cc1. The Kier molecular flexibility index (Phi) is 5.91. The number of halogens is 3. The average Bonchev–Trinajstić information content (AvgIpc) is 2.78. The summed E-state index contributed by atoms with van der Waals surface area (Å²) in [5.41, 5.74) is 2.76. The molecule has 6 heteroatoms. The Bertz CT molecular complexity index is 1190. The van der Waals surface area contributed by atoms with E-state index in [0.29, 0.717) is 24.0 Å². The highest BCUT2D eigenvalue weighted by Crippen LogP contribution is 2.36. The van der Waals surface area contributed by atoms with Crippen LogP contribution in [0, 0.1) is 6.07 Å². The van der Waals surface area contributed by atoms with Crippen LogP contribution in [-0.2, 0) is 19.3 Å². The Balaban J connectivity index is 1.56. The number of hydrogen-bond acceptors (Lipinski definition) is 3. The highest BCUT2D eigenvalue weighted by atomic mass is 19.4. The van der Waals surface area contributed by atoms with Crippen molar-refractivity contribution in [2.45, 2.75) is 19.3 Å². The topological polar surface area (TPSA) is 34.1 Å². The summed E-state index contributed by atoms with van der Waals surface area (Å²) in [5.74, 6) is 0.811. The minimum absolute atomic E-state index is 0.0632. The molecular formula is C25H20F3N2O. The van der Waals surface area contributed by atoms with Gasteiger partial charge in [-0.2, -0.15) is 13.2 Å². The smallest absolute Gasteiger partial charge is 0.418 e. The molecule has 4 aromatic rings. The van der Waals surface area contributed by atoms with Gasteiger partial charge in [-0.05, 0) is 41.0 Å². The first-order valence-electron chi connectivity index (χ1n) is 9.75. The highest BCUT2D eigenvalue weighted by molar-refractivity contribution is 5.95. The first-order valence-corrected chi connectivity index (χ1v) is 9.75. The Hall–Kier alpha value is -3.38. The van der Waals surface area contributed by atoms with Crippen LogP contribution in [0.1, 0.15) is 16.7 Å². The van der Waals surface area contributed by atoms with Crippen LogP contribution in [0.15, 0.2) is 72.9 Å². The van der Waals surface area contributed by atoms with E-state index in [1.807, 2.05) is 48.5 Å². The summed E-state index contributed by atoms with van der Waals surface area (Å²) in [4.78, 5) is 3.95. The van der Waals surface area contributed by atoms with Crippen molar-refractivity contribution in [1.82, 2.24) is 10.3 Å². The minimum atomic E-state index is -4.46. The second-order valence-electron chi connectivity index (χ2n) is 7.13. The van der Waals surface area contributed by atoms with Crippen LogP contribution < -0.4 is 10.1 Å². The summed E-state index contributed by atoms with van der Waals surface area (Å²) in [6.07, 6.45) is -3.15. The van der Waals surface area contributed by atoms with Crippen molar-refractivity contribution in [3.63, 3.8) is 0 Å². The van der Waals surface area contributed by atoms with E-state index in [0.717, 1.165) is 28.5 Å². The minimum Gasteiger partial charge on any atom is -0.497 e. The maximum atomic E-state index is 13.4. The van der Waals surface area contributed by atoms with E-state index in [1.165, 1.54) is 12.3 Å². The van der Waals surface area contributed by atoms with Gasteiger partial charge >= 0.3 is 6.18 Å². The second kappa shape index (κ2) is 8.78. The van der Waals surface area contributed by atoms with Crippen molar-refractivity contribution in [3.8, 4) is 16.9 Å². The van der Waals surface area contributed by atoms with Crippen molar-refractivity contribution >= 4 is 10.9 Å². The number of fused-ring (bicyclic) bond motifs is 1. The summed E-state index contributed by atoms with van der Waals surface area (Å²) in [6, 6.07) is 22.7. The number of ether oxygens (including phenoxy) is 1. The number of para-hydroxylation sites is 1. The number of pyridine rings is 1. The van der Waals surface area contributed by atoms with Crippen LogP contribution in [0.4, 0.5) is 13.2 Å². The number of hydrogen-bond donors (Lipinski definition) is 1. The predicted molar refractivity (Wildman–Crippen MR) is 115 cm³/mol. The summed E-state index contributed by atoms with van der Waals surface area (Å²) in [6.45, 7) is 1.31. The zero-order valence-corrected chi connectivity index (χ0v) is 16.8. The molecule has 1 aromatic heterocycles. The molecule has 0 saturated heterocycles. The molecule has 0 saturated carbocycles. The van der Waals surface area contributed by atoms with Gasteiger partial charge in [0.15, 0.2) is 0 Å². The molecule has 0 bridgehead atoms. The van der Waals surface area contributed by atoms with Gasteiger partial charge in [-0.1, -0.05) is 42.5 Å². The van der Waals surface area contributed by atoms with Gasteiger partial charge < -0.3 is 10.1 Å². The Morgan fingerprint density at radius 1 is 0.935 bits per heavy atom. The van der Waals surface area contributed by atoms with Gasteiger partial charge in [0, 0.05) is 36.3 Å². The normalized spacial score (nSPS) is 11.6. The number of methoxy groups -OCH3 is 1. The molecule has 1 radical (unpaired) electrons. The van der Waals surface area contributed by atoms with E-state index in [9.17, 15) is 13.2 Å². The van der Waals surface area contributed by atoms with Crippen LogP contribution in [0.25, 0.3) is 22.0 Å². The molecule has 0 aliphatic rings. The Morgan fingerprint density at radius 2 is 1.68 bits per heavy atom. The lowest BCUT2D eigenvalue weighted by atomic mass is 9.98. The Morgan fingerprint density at radius 3 is 2.42 bits per heavy atom. The van der Waals surface area contributed by atoms with Crippen LogP contribution in [0.3, 0.4) is 0 Å². The van der Waals surface area contributed by atoms with Gasteiger partial charge in [0.05, 0.1) is 18.2 Å². The third-order valence-corrected chi connectivity index (χ3v) is 5.05. The molecule has 0 aliphatic heterocycles. The van der Waals surface area contributed by atoms with E-state index < -0.39 is 11.7 Å². The maximum Gasteiger partial charge on any atom is 0.418 e. The third-order valence-electron chi connectivity index (χ3n) is 5.05. The van der Waals surface area contributed by atoms with Crippen molar-refractivity contribution in [2.24, 2.45) is 0 Å². The van der Waals surface area contributed by atoms with Gasteiger partial charge in [0.1, 0.15) is 5.75 Å². The van der Waals surface area contributed by atoms with Gasteiger partial charge in [-0.25, -0.2) is 0 Å². The van der Waals surface area contributed by atoms with E-state index in [1.54, 1.807) is 13.2 Å². The molecule has 0 amide bonds. The number of nitrogens with one attached hydrogen (secondary N) is 1. The third kappa shape index (κ3) is 4.70.